The topological polar surface area (TPSA) is 6.48 Å². The van der Waals surface area contributed by atoms with E-state index >= 15 is 0 Å². The molecule has 2 aliphatic carbocycles. The number of hydrogen-bond acceptors (Lipinski definition) is 2. The zero-order chi connectivity index (χ0) is 51.0. The van der Waals surface area contributed by atoms with E-state index in [0.29, 0.717) is 0 Å². The number of allylic oxidation sites excluding steroid dienone is 2. The van der Waals surface area contributed by atoms with Gasteiger partial charge in [0.1, 0.15) is 0 Å². The Kier molecular flexibility index (Phi) is 12.9. The Morgan fingerprint density at radius 3 is 1.12 bits per heavy atom. The van der Waals surface area contributed by atoms with Crippen LogP contribution in [0.5, 0.6) is 0 Å². The number of anilines is 6. The van der Waals surface area contributed by atoms with E-state index in [1.54, 1.807) is 11.1 Å². The molecule has 0 aromatic heterocycles. The number of nitrogens with zero attached hydrogens (tertiary/aromatic N) is 2. The third-order valence-corrected chi connectivity index (χ3v) is 16.3. The minimum absolute atomic E-state index is 1.11. The van der Waals surface area contributed by atoms with E-state index in [1.807, 2.05) is 0 Å². The molecular formula is C74H64N2. The molecule has 0 N–H and O–H groups in total. The van der Waals surface area contributed by atoms with Gasteiger partial charge in [-0.15, -0.1) is 0 Å². The van der Waals surface area contributed by atoms with Crippen molar-refractivity contribution in [1.29, 1.82) is 0 Å². The standard InChI is InChI=1S/C74H64N2/c1-51-24-38-61(39-25-51)75(60-18-10-5-11-19-60)71-46-44-66-65-21-13-23-69-72(47-45-67(74(65)69)64-20-12-22-68(71)73(64)66)76(62-40-26-52(2)27-41-62)63-42-32-57(33-43-63)50-70(58-34-28-55(29-35-58)48-53-14-6-3-7-15-53)59-36-30-56(31-37-59)49-54-16-8-4-9-17-54/h5,10-13,18-50H,3-4,6-9,14-17H2,1-2H3. The van der Waals surface area contributed by atoms with Crippen molar-refractivity contribution in [3.63, 3.8) is 0 Å². The van der Waals surface area contributed by atoms with Crippen molar-refractivity contribution in [1.82, 2.24) is 0 Å². The number of fused-ring (bicyclic) bond motifs is 2. The van der Waals surface area contributed by atoms with Crippen molar-refractivity contribution in [3.8, 4) is 0 Å². The average molecular weight is 981 g/mol. The number of benzene rings is 11. The molecule has 2 aliphatic rings. The van der Waals surface area contributed by atoms with Crippen LogP contribution < -0.4 is 9.80 Å². The van der Waals surface area contributed by atoms with Gasteiger partial charge >= 0.3 is 0 Å². The van der Waals surface area contributed by atoms with Crippen molar-refractivity contribution in [3.05, 3.63) is 262 Å². The maximum absolute atomic E-state index is 2.45. The summed E-state index contributed by atoms with van der Waals surface area (Å²) in [5.74, 6) is 0. The highest BCUT2D eigenvalue weighted by Crippen LogP contribution is 2.49. The predicted octanol–water partition coefficient (Wildman–Crippen LogP) is 21.6. The number of hydrogen-bond donors (Lipinski definition) is 0. The summed E-state index contributed by atoms with van der Waals surface area (Å²) >= 11 is 0. The van der Waals surface area contributed by atoms with Crippen molar-refractivity contribution >= 4 is 101 Å². The van der Waals surface area contributed by atoms with Crippen molar-refractivity contribution in [2.45, 2.75) is 78.1 Å². The fourth-order valence-corrected chi connectivity index (χ4v) is 12.4. The molecule has 11 aromatic rings. The van der Waals surface area contributed by atoms with Crippen molar-refractivity contribution < 1.29 is 0 Å². The lowest BCUT2D eigenvalue weighted by Gasteiger charge is -2.29. The first-order valence-corrected chi connectivity index (χ1v) is 27.8. The summed E-state index contributed by atoms with van der Waals surface area (Å²) in [6, 6.07) is 79.6. The van der Waals surface area contributed by atoms with E-state index in [9.17, 15) is 0 Å². The molecular weight excluding hydrogens is 917 g/mol. The quantitative estimate of drug-likeness (QED) is 0.0724. The third-order valence-electron chi connectivity index (χ3n) is 16.3. The van der Waals surface area contributed by atoms with E-state index in [1.165, 1.54) is 158 Å². The van der Waals surface area contributed by atoms with Gasteiger partial charge in [0.15, 0.2) is 0 Å². The van der Waals surface area contributed by atoms with E-state index in [4.69, 9.17) is 0 Å². The molecule has 0 atom stereocenters. The summed E-state index contributed by atoms with van der Waals surface area (Å²) in [5, 5.41) is 10.1. The molecule has 2 heteroatoms. The van der Waals surface area contributed by atoms with E-state index in [-0.39, 0.29) is 0 Å². The van der Waals surface area contributed by atoms with Gasteiger partial charge in [-0.3, -0.25) is 0 Å². The molecule has 370 valence electrons. The molecule has 13 rings (SSSR count). The van der Waals surface area contributed by atoms with Gasteiger partial charge < -0.3 is 9.80 Å². The molecule has 0 aliphatic heterocycles. The molecule has 0 amide bonds. The van der Waals surface area contributed by atoms with Crippen LogP contribution in [0.3, 0.4) is 0 Å². The van der Waals surface area contributed by atoms with Crippen LogP contribution in [0.15, 0.2) is 223 Å². The second-order valence-electron chi connectivity index (χ2n) is 21.5. The van der Waals surface area contributed by atoms with Crippen LogP contribution in [-0.2, 0) is 0 Å². The van der Waals surface area contributed by atoms with Crippen LogP contribution in [0.4, 0.5) is 34.1 Å². The van der Waals surface area contributed by atoms with Gasteiger partial charge in [-0.25, -0.2) is 0 Å². The summed E-state index contributed by atoms with van der Waals surface area (Å²) in [5.41, 5.74) is 20.0. The Labute approximate surface area is 448 Å². The van der Waals surface area contributed by atoms with Crippen LogP contribution >= 0.6 is 0 Å². The van der Waals surface area contributed by atoms with Gasteiger partial charge in [-0.2, -0.15) is 0 Å². The average Bonchev–Trinajstić information content (AvgIpc) is 3.59. The lowest BCUT2D eigenvalue weighted by atomic mass is 9.88. The maximum Gasteiger partial charge on any atom is 0.0540 e. The molecule has 11 aromatic carbocycles. The molecule has 0 radical (unpaired) electrons. The van der Waals surface area contributed by atoms with Gasteiger partial charge in [0.2, 0.25) is 0 Å². The molecule has 2 saturated carbocycles. The summed E-state index contributed by atoms with van der Waals surface area (Å²) in [6.07, 6.45) is 20.1. The smallest absolute Gasteiger partial charge is 0.0540 e. The van der Waals surface area contributed by atoms with Crippen molar-refractivity contribution in [2.24, 2.45) is 0 Å². The van der Waals surface area contributed by atoms with E-state index in [2.05, 4.69) is 254 Å². The molecule has 76 heavy (non-hydrogen) atoms. The molecule has 0 unspecified atom stereocenters. The highest BCUT2D eigenvalue weighted by molar-refractivity contribution is 6.35. The van der Waals surface area contributed by atoms with Gasteiger partial charge in [-0.1, -0.05) is 199 Å². The first-order chi connectivity index (χ1) is 37.5. The van der Waals surface area contributed by atoms with E-state index in [0.717, 1.165) is 28.4 Å². The van der Waals surface area contributed by atoms with Crippen LogP contribution in [0.2, 0.25) is 0 Å². The van der Waals surface area contributed by atoms with Crippen molar-refractivity contribution in [2.75, 3.05) is 9.80 Å². The van der Waals surface area contributed by atoms with Crippen LogP contribution in [-0.4, -0.2) is 0 Å². The SMILES string of the molecule is Cc1ccc(N(c2ccccc2)c2ccc3c4cccc5c(N(c6ccc(C)cc6)c6ccc(C=C(c7ccc(C=C8CCCCC8)cc7)c7ccc(C=C8CCCCC8)cc7)cc6)ccc(c6cccc2c63)c54)cc1. The van der Waals surface area contributed by atoms with E-state index < -0.39 is 0 Å². The Bertz CT molecular complexity index is 3840. The van der Waals surface area contributed by atoms with Gasteiger partial charge in [-0.05, 0) is 198 Å². The summed E-state index contributed by atoms with van der Waals surface area (Å²) in [4.78, 5) is 4.86. The molecule has 0 spiro atoms. The molecule has 2 fully saturated rings. The second-order valence-corrected chi connectivity index (χ2v) is 21.5. The van der Waals surface area contributed by atoms with Crippen LogP contribution in [0.1, 0.15) is 103 Å². The Morgan fingerprint density at radius 2 is 0.684 bits per heavy atom. The fraction of sp³-hybridized carbons (Fsp3) is 0.162. The van der Waals surface area contributed by atoms with Gasteiger partial charge in [0.25, 0.3) is 0 Å². The normalized spacial score (nSPS) is 13.9. The zero-order valence-electron chi connectivity index (χ0n) is 43.9. The summed E-state index contributed by atoms with van der Waals surface area (Å²) in [6.45, 7) is 4.32. The van der Waals surface area contributed by atoms with Crippen LogP contribution in [0, 0.1) is 13.8 Å². The Morgan fingerprint density at radius 1 is 0.316 bits per heavy atom. The molecule has 2 nitrogen and oxygen atoms in total. The Balaban J connectivity index is 0.910. The number of rotatable bonds is 11. The van der Waals surface area contributed by atoms with Gasteiger partial charge in [0.05, 0.1) is 11.4 Å². The first kappa shape index (κ1) is 47.3. The highest BCUT2D eigenvalue weighted by atomic mass is 15.1. The first-order valence-electron chi connectivity index (χ1n) is 27.8. The molecule has 0 saturated heterocycles. The lowest BCUT2D eigenvalue weighted by Crippen LogP contribution is -2.11. The highest BCUT2D eigenvalue weighted by Gasteiger charge is 2.23. The predicted molar refractivity (Wildman–Crippen MR) is 328 cm³/mol. The second kappa shape index (κ2) is 20.7. The van der Waals surface area contributed by atoms with Gasteiger partial charge in [0, 0.05) is 33.5 Å². The lowest BCUT2D eigenvalue weighted by molar-refractivity contribution is 0.602. The maximum atomic E-state index is 2.45. The summed E-state index contributed by atoms with van der Waals surface area (Å²) < 4.78 is 0. The fourth-order valence-electron chi connectivity index (χ4n) is 12.4. The van der Waals surface area contributed by atoms with Crippen LogP contribution in [0.25, 0.3) is 66.9 Å². The summed E-state index contributed by atoms with van der Waals surface area (Å²) in [7, 11) is 0. The zero-order valence-corrected chi connectivity index (χ0v) is 43.9. The minimum atomic E-state index is 1.11. The molecule has 0 bridgehead atoms. The minimum Gasteiger partial charge on any atom is -0.310 e. The number of aryl methyl sites for hydroxylation is 2. The largest absolute Gasteiger partial charge is 0.310 e. The number of para-hydroxylation sites is 1. The Hall–Kier alpha value is -8.46. The monoisotopic (exact) mass is 981 g/mol. The molecule has 0 heterocycles. The third kappa shape index (κ3) is 9.28.